The lowest BCUT2D eigenvalue weighted by molar-refractivity contribution is -0.211. The number of carbonyl (C=O) groups is 1. The molecule has 0 amide bonds. The topological polar surface area (TPSA) is 44.8 Å². The monoisotopic (exact) mass is 416 g/mol. The molecule has 1 saturated heterocycles. The summed E-state index contributed by atoms with van der Waals surface area (Å²) >= 11 is 0. The minimum Gasteiger partial charge on any atom is -0.436 e. The van der Waals surface area contributed by atoms with Gasteiger partial charge in [0.15, 0.2) is 0 Å². The third-order valence-corrected chi connectivity index (χ3v) is 5.63. The van der Waals surface area contributed by atoms with Gasteiger partial charge >= 0.3 is 5.97 Å². The van der Waals surface area contributed by atoms with Gasteiger partial charge in [-0.15, -0.1) is 0 Å². The van der Waals surface area contributed by atoms with Gasteiger partial charge in [0.2, 0.25) is 6.29 Å². The molecule has 2 atom stereocenters. The van der Waals surface area contributed by atoms with Gasteiger partial charge in [0, 0.05) is 13.3 Å². The standard InChI is InChI=1S/C27H28O4/c1-21(28)30-26-19-11-18-25(31-26)20-29-27(22-12-5-2-6-13-22,23-14-7-3-8-15-23)24-16-9-4-10-17-24/h2-10,12-17,25-26H,11,18-20H2,1H3/t25-,26?/m0/s1. The van der Waals surface area contributed by atoms with Crippen LogP contribution in [0.4, 0.5) is 0 Å². The molecule has 0 bridgehead atoms. The molecule has 1 heterocycles. The second-order valence-electron chi connectivity index (χ2n) is 7.82. The summed E-state index contributed by atoms with van der Waals surface area (Å²) in [6.07, 6.45) is 1.87. The number of hydrogen-bond donors (Lipinski definition) is 0. The summed E-state index contributed by atoms with van der Waals surface area (Å²) in [4.78, 5) is 11.4. The fourth-order valence-electron chi connectivity index (χ4n) is 4.24. The highest BCUT2D eigenvalue weighted by Gasteiger charge is 2.38. The van der Waals surface area contributed by atoms with Crippen LogP contribution in [0.15, 0.2) is 91.0 Å². The Bertz CT molecular complexity index is 860. The Balaban J connectivity index is 1.70. The zero-order chi connectivity index (χ0) is 21.5. The predicted octanol–water partition coefficient (Wildman–Crippen LogP) is 5.45. The van der Waals surface area contributed by atoms with Gasteiger partial charge in [0.25, 0.3) is 0 Å². The molecular weight excluding hydrogens is 388 g/mol. The summed E-state index contributed by atoms with van der Waals surface area (Å²) in [5.41, 5.74) is 2.39. The lowest BCUT2D eigenvalue weighted by Gasteiger charge is -2.38. The minimum atomic E-state index is -0.776. The van der Waals surface area contributed by atoms with Crippen LogP contribution < -0.4 is 0 Å². The molecular formula is C27H28O4. The number of hydrogen-bond acceptors (Lipinski definition) is 4. The van der Waals surface area contributed by atoms with Crippen molar-refractivity contribution in [2.24, 2.45) is 0 Å². The molecule has 4 rings (SSSR count). The maximum Gasteiger partial charge on any atom is 0.304 e. The van der Waals surface area contributed by atoms with Crippen molar-refractivity contribution in [3.8, 4) is 0 Å². The van der Waals surface area contributed by atoms with Crippen LogP contribution in [0.1, 0.15) is 42.9 Å². The fourth-order valence-corrected chi connectivity index (χ4v) is 4.24. The molecule has 0 radical (unpaired) electrons. The van der Waals surface area contributed by atoms with E-state index in [1.165, 1.54) is 6.92 Å². The summed E-state index contributed by atoms with van der Waals surface area (Å²) in [6, 6.07) is 30.8. The van der Waals surface area contributed by atoms with Crippen LogP contribution >= 0.6 is 0 Å². The maximum absolute atomic E-state index is 11.4. The van der Waals surface area contributed by atoms with Crippen LogP contribution in [0.3, 0.4) is 0 Å². The molecule has 0 aromatic heterocycles. The lowest BCUT2D eigenvalue weighted by atomic mass is 9.80. The molecule has 31 heavy (non-hydrogen) atoms. The first-order chi connectivity index (χ1) is 15.2. The van der Waals surface area contributed by atoms with Crippen molar-refractivity contribution in [1.82, 2.24) is 0 Å². The van der Waals surface area contributed by atoms with E-state index in [0.717, 1.165) is 36.0 Å². The molecule has 4 nitrogen and oxygen atoms in total. The van der Waals surface area contributed by atoms with Crippen LogP contribution in [-0.2, 0) is 24.6 Å². The smallest absolute Gasteiger partial charge is 0.304 e. The third kappa shape index (κ3) is 4.87. The lowest BCUT2D eigenvalue weighted by Crippen LogP contribution is -2.39. The van der Waals surface area contributed by atoms with Gasteiger partial charge in [0.1, 0.15) is 5.60 Å². The summed E-state index contributed by atoms with van der Waals surface area (Å²) in [6.45, 7) is 1.80. The Morgan fingerprint density at radius 2 is 1.32 bits per heavy atom. The summed E-state index contributed by atoms with van der Waals surface area (Å²) < 4.78 is 18.1. The van der Waals surface area contributed by atoms with E-state index in [-0.39, 0.29) is 12.1 Å². The van der Waals surface area contributed by atoms with Crippen molar-refractivity contribution in [2.75, 3.05) is 6.61 Å². The first kappa shape index (κ1) is 21.3. The second-order valence-corrected chi connectivity index (χ2v) is 7.82. The summed E-state index contributed by atoms with van der Waals surface area (Å²) in [5, 5.41) is 0. The van der Waals surface area contributed by atoms with Gasteiger partial charge in [-0.3, -0.25) is 4.79 Å². The van der Waals surface area contributed by atoms with E-state index in [1.54, 1.807) is 0 Å². The van der Waals surface area contributed by atoms with Crippen LogP contribution in [0.5, 0.6) is 0 Å². The highest BCUT2D eigenvalue weighted by Crippen LogP contribution is 2.41. The average molecular weight is 417 g/mol. The molecule has 4 heteroatoms. The molecule has 160 valence electrons. The van der Waals surface area contributed by atoms with Crippen molar-refractivity contribution >= 4 is 5.97 Å². The van der Waals surface area contributed by atoms with Gasteiger partial charge in [-0.25, -0.2) is 0 Å². The summed E-state index contributed by atoms with van der Waals surface area (Å²) in [5.74, 6) is -0.321. The van der Waals surface area contributed by atoms with Crippen LogP contribution in [0.2, 0.25) is 0 Å². The zero-order valence-electron chi connectivity index (χ0n) is 17.8. The van der Waals surface area contributed by atoms with E-state index in [1.807, 2.05) is 54.6 Å². The van der Waals surface area contributed by atoms with Crippen molar-refractivity contribution in [3.05, 3.63) is 108 Å². The van der Waals surface area contributed by atoms with E-state index < -0.39 is 11.9 Å². The highest BCUT2D eigenvalue weighted by molar-refractivity contribution is 5.66. The quantitative estimate of drug-likeness (QED) is 0.379. The Labute approximate surface area is 183 Å². The van der Waals surface area contributed by atoms with E-state index in [0.29, 0.717) is 6.61 Å². The first-order valence-electron chi connectivity index (χ1n) is 10.8. The highest BCUT2D eigenvalue weighted by atomic mass is 16.7. The number of esters is 1. The van der Waals surface area contributed by atoms with E-state index in [2.05, 4.69) is 36.4 Å². The van der Waals surface area contributed by atoms with Gasteiger partial charge in [-0.1, -0.05) is 91.0 Å². The zero-order valence-corrected chi connectivity index (χ0v) is 17.8. The molecule has 0 aliphatic carbocycles. The molecule has 1 aliphatic rings. The van der Waals surface area contributed by atoms with Crippen LogP contribution in [0, 0.1) is 0 Å². The molecule has 1 fully saturated rings. The van der Waals surface area contributed by atoms with Gasteiger partial charge in [-0.05, 0) is 29.5 Å². The fraction of sp³-hybridized carbons (Fsp3) is 0.296. The van der Waals surface area contributed by atoms with Crippen molar-refractivity contribution in [1.29, 1.82) is 0 Å². The molecule has 0 saturated carbocycles. The minimum absolute atomic E-state index is 0.145. The van der Waals surface area contributed by atoms with Gasteiger partial charge in [0.05, 0.1) is 12.7 Å². The molecule has 0 spiro atoms. The van der Waals surface area contributed by atoms with Crippen LogP contribution in [-0.4, -0.2) is 25.0 Å². The first-order valence-corrected chi connectivity index (χ1v) is 10.8. The number of benzene rings is 3. The molecule has 3 aromatic carbocycles. The van der Waals surface area contributed by atoms with E-state index in [4.69, 9.17) is 14.2 Å². The normalized spacial score (nSPS) is 19.0. The Morgan fingerprint density at radius 1 is 0.839 bits per heavy atom. The van der Waals surface area contributed by atoms with Crippen molar-refractivity contribution in [2.45, 2.75) is 44.2 Å². The van der Waals surface area contributed by atoms with Gasteiger partial charge < -0.3 is 14.2 Å². The van der Waals surface area contributed by atoms with Crippen LogP contribution in [0.25, 0.3) is 0 Å². The third-order valence-electron chi connectivity index (χ3n) is 5.63. The Kier molecular flexibility index (Phi) is 6.80. The van der Waals surface area contributed by atoms with Crippen molar-refractivity contribution in [3.63, 3.8) is 0 Å². The molecule has 1 aliphatic heterocycles. The van der Waals surface area contributed by atoms with Gasteiger partial charge in [-0.2, -0.15) is 0 Å². The van der Waals surface area contributed by atoms with Crippen molar-refractivity contribution < 1.29 is 19.0 Å². The Hall–Kier alpha value is -2.95. The second kappa shape index (κ2) is 9.90. The number of rotatable bonds is 7. The summed E-state index contributed by atoms with van der Waals surface area (Å²) in [7, 11) is 0. The number of ether oxygens (including phenoxy) is 3. The van der Waals surface area contributed by atoms with E-state index >= 15 is 0 Å². The molecule has 3 aromatic rings. The number of carbonyl (C=O) groups excluding carboxylic acids is 1. The molecule has 1 unspecified atom stereocenters. The predicted molar refractivity (Wildman–Crippen MR) is 119 cm³/mol. The SMILES string of the molecule is CC(=O)OC1CCC[C@@H](COC(c2ccccc2)(c2ccccc2)c2ccccc2)O1. The van der Waals surface area contributed by atoms with E-state index in [9.17, 15) is 4.79 Å². The maximum atomic E-state index is 11.4. The molecule has 0 N–H and O–H groups in total. The largest absolute Gasteiger partial charge is 0.436 e. The average Bonchev–Trinajstić information content (AvgIpc) is 2.81. The Morgan fingerprint density at radius 3 is 1.77 bits per heavy atom.